The van der Waals surface area contributed by atoms with Crippen LogP contribution in [-0.4, -0.2) is 80.0 Å². The van der Waals surface area contributed by atoms with Gasteiger partial charge >= 0.3 is 11.9 Å². The van der Waals surface area contributed by atoms with Crippen LogP contribution in [0.4, 0.5) is 27.1 Å². The van der Waals surface area contributed by atoms with Crippen LogP contribution in [0.3, 0.4) is 0 Å². The maximum Gasteiger partial charge on any atom is 0.338 e. The van der Waals surface area contributed by atoms with E-state index in [-0.39, 0.29) is 58.1 Å². The van der Waals surface area contributed by atoms with Crippen molar-refractivity contribution >= 4 is 34.7 Å². The Morgan fingerprint density at radius 3 is 2.30 bits per heavy atom. The summed E-state index contributed by atoms with van der Waals surface area (Å²) in [6.07, 6.45) is 1.44. The molecule has 10 nitrogen and oxygen atoms in total. The molecule has 2 saturated heterocycles. The minimum atomic E-state index is -1.29. The van der Waals surface area contributed by atoms with E-state index < -0.39 is 17.8 Å². The number of nitrogens with one attached hydrogen (secondary N) is 1. The van der Waals surface area contributed by atoms with Crippen LogP contribution in [0.1, 0.15) is 68.2 Å². The molecule has 44 heavy (non-hydrogen) atoms. The summed E-state index contributed by atoms with van der Waals surface area (Å²) in [7, 11) is 2.06. The third-order valence-corrected chi connectivity index (χ3v) is 9.74. The summed E-state index contributed by atoms with van der Waals surface area (Å²) in [5.41, 5.74) is 2.15. The Bertz CT molecular complexity index is 1470. The average molecular weight is 611 g/mol. The Balaban J connectivity index is 1.25. The highest BCUT2D eigenvalue weighted by molar-refractivity contribution is 5.93. The molecule has 4 heterocycles. The van der Waals surface area contributed by atoms with Gasteiger partial charge in [-0.1, -0.05) is 34.6 Å². The molecule has 0 aromatic heterocycles. The Labute approximate surface area is 257 Å². The Morgan fingerprint density at radius 2 is 1.73 bits per heavy atom. The summed E-state index contributed by atoms with van der Waals surface area (Å²) in [5, 5.41) is 22.7. The van der Waals surface area contributed by atoms with Crippen molar-refractivity contribution in [1.82, 2.24) is 0 Å². The van der Waals surface area contributed by atoms with Gasteiger partial charge in [0.25, 0.3) is 0 Å². The fourth-order valence-corrected chi connectivity index (χ4v) is 7.55. The van der Waals surface area contributed by atoms with Crippen LogP contribution in [0, 0.1) is 22.6 Å². The molecule has 3 N–H and O–H groups in total. The second-order valence-electron chi connectivity index (χ2n) is 14.4. The molecule has 6 rings (SSSR count). The van der Waals surface area contributed by atoms with Crippen molar-refractivity contribution in [1.29, 1.82) is 0 Å². The maximum atomic E-state index is 15.7. The highest BCUT2D eigenvalue weighted by Gasteiger charge is 2.49. The first-order chi connectivity index (χ1) is 20.7. The molecule has 5 atom stereocenters. The molecule has 0 amide bonds. The number of anilines is 4. The standard InChI is InChI=1S/C33H43FN4O6/c1-32(2,3)30-35-22-9-8-21(29(41)42)26(34)27(22)38(30)16-25-19(17-44-25)14-33(4,5)31-36(6)23-10-7-18(28(39)40)13-24(23)37(31)15-20-11-12-43-20/h7-10,13,19-20,25,30-31,35H,11-12,14-17H2,1-6H3,(H,39,40)(H,41,42)/t19?,20-,25+,30?,31?/m0/s1. The summed E-state index contributed by atoms with van der Waals surface area (Å²) in [6.45, 7) is 13.1. The van der Waals surface area contributed by atoms with Crippen molar-refractivity contribution in [3.05, 3.63) is 47.3 Å². The van der Waals surface area contributed by atoms with E-state index in [4.69, 9.17) is 9.47 Å². The number of carboxylic acid groups (broad SMARTS) is 2. The van der Waals surface area contributed by atoms with Crippen molar-refractivity contribution < 1.29 is 33.7 Å². The third-order valence-electron chi connectivity index (χ3n) is 9.74. The number of nitrogens with zero attached hydrogens (tertiary/aromatic N) is 3. The minimum Gasteiger partial charge on any atom is -0.478 e. The Morgan fingerprint density at radius 1 is 1.00 bits per heavy atom. The summed E-state index contributed by atoms with van der Waals surface area (Å²) in [4.78, 5) is 30.1. The van der Waals surface area contributed by atoms with Crippen LogP contribution >= 0.6 is 0 Å². The molecule has 0 aliphatic carbocycles. The zero-order chi connectivity index (χ0) is 31.7. The topological polar surface area (TPSA) is 115 Å². The van der Waals surface area contributed by atoms with E-state index in [0.29, 0.717) is 25.4 Å². The molecule has 2 fully saturated rings. The lowest BCUT2D eigenvalue weighted by Gasteiger charge is -2.49. The fourth-order valence-electron chi connectivity index (χ4n) is 7.55. The first-order valence-electron chi connectivity index (χ1n) is 15.4. The van der Waals surface area contributed by atoms with Crippen LogP contribution in [-0.2, 0) is 9.47 Å². The highest BCUT2D eigenvalue weighted by atomic mass is 19.1. The molecule has 2 aromatic rings. The van der Waals surface area contributed by atoms with Crippen LogP contribution in [0.5, 0.6) is 0 Å². The zero-order valence-electron chi connectivity index (χ0n) is 26.3. The van der Waals surface area contributed by atoms with Gasteiger partial charge in [0.15, 0.2) is 5.82 Å². The van der Waals surface area contributed by atoms with Gasteiger partial charge in [-0.15, -0.1) is 0 Å². The lowest BCUT2D eigenvalue weighted by molar-refractivity contribution is -0.125. The number of halogens is 1. The van der Waals surface area contributed by atoms with E-state index >= 15 is 4.39 Å². The molecule has 11 heteroatoms. The van der Waals surface area contributed by atoms with Gasteiger partial charge in [-0.2, -0.15) is 0 Å². The fraction of sp³-hybridized carbons (Fsp3) is 0.576. The quantitative estimate of drug-likeness (QED) is 0.344. The lowest BCUT2D eigenvalue weighted by Crippen LogP contribution is -2.58. The molecule has 0 bridgehead atoms. The summed E-state index contributed by atoms with van der Waals surface area (Å²) < 4.78 is 27.6. The van der Waals surface area contributed by atoms with E-state index in [1.165, 1.54) is 6.07 Å². The predicted molar refractivity (Wildman–Crippen MR) is 166 cm³/mol. The number of hydrogen-bond acceptors (Lipinski definition) is 8. The minimum absolute atomic E-state index is 0.0425. The number of fused-ring (bicyclic) bond motifs is 2. The number of rotatable bonds is 9. The molecule has 3 unspecified atom stereocenters. The van der Waals surface area contributed by atoms with Gasteiger partial charge in [-0.25, -0.2) is 14.0 Å². The van der Waals surface area contributed by atoms with Gasteiger partial charge in [-0.05, 0) is 43.2 Å². The Hall–Kier alpha value is -3.57. The van der Waals surface area contributed by atoms with Gasteiger partial charge in [0.2, 0.25) is 0 Å². The number of carboxylic acids is 2. The summed E-state index contributed by atoms with van der Waals surface area (Å²) in [5.74, 6) is -2.79. The van der Waals surface area contributed by atoms with E-state index in [0.717, 1.165) is 30.8 Å². The molecule has 0 radical (unpaired) electrons. The normalized spacial score (nSPS) is 26.1. The van der Waals surface area contributed by atoms with E-state index in [9.17, 15) is 19.8 Å². The van der Waals surface area contributed by atoms with Gasteiger partial charge in [0.05, 0.1) is 52.7 Å². The number of hydrogen-bond donors (Lipinski definition) is 3. The lowest BCUT2D eigenvalue weighted by atomic mass is 9.75. The number of aromatic carboxylic acids is 2. The smallest absolute Gasteiger partial charge is 0.338 e. The van der Waals surface area contributed by atoms with Gasteiger partial charge in [0.1, 0.15) is 12.3 Å². The molecular formula is C33H43FN4O6. The van der Waals surface area contributed by atoms with Crippen molar-refractivity contribution in [3.63, 3.8) is 0 Å². The molecule has 4 aliphatic rings. The maximum absolute atomic E-state index is 15.7. The van der Waals surface area contributed by atoms with E-state index in [1.54, 1.807) is 18.2 Å². The summed E-state index contributed by atoms with van der Waals surface area (Å²) in [6, 6.07) is 8.27. The van der Waals surface area contributed by atoms with Crippen LogP contribution in [0.2, 0.25) is 0 Å². The van der Waals surface area contributed by atoms with Crippen LogP contribution < -0.4 is 20.0 Å². The first kappa shape index (κ1) is 30.5. The second-order valence-corrected chi connectivity index (χ2v) is 14.4. The average Bonchev–Trinajstić information content (AvgIpc) is 3.43. The van der Waals surface area contributed by atoms with E-state index in [2.05, 4.69) is 56.8 Å². The molecule has 0 spiro atoms. The van der Waals surface area contributed by atoms with Crippen molar-refractivity contribution in [2.24, 2.45) is 16.7 Å². The Kier molecular flexibility index (Phi) is 7.48. The van der Waals surface area contributed by atoms with Crippen molar-refractivity contribution in [2.75, 3.05) is 53.4 Å². The van der Waals surface area contributed by atoms with Crippen molar-refractivity contribution in [3.8, 4) is 0 Å². The van der Waals surface area contributed by atoms with Crippen molar-refractivity contribution in [2.45, 2.75) is 72.0 Å². The highest BCUT2D eigenvalue weighted by Crippen LogP contribution is 2.50. The van der Waals surface area contributed by atoms with Gasteiger partial charge in [-0.3, -0.25) is 0 Å². The second kappa shape index (κ2) is 10.8. The van der Waals surface area contributed by atoms with Crippen LogP contribution in [0.25, 0.3) is 0 Å². The number of ether oxygens (including phenoxy) is 2. The SMILES string of the molecule is CN1c2ccc(C(=O)O)cc2N(C[C@@H]2CCO2)C1C(C)(C)CC1CO[C@@H]1CN1c2c(ccc(C(=O)O)c2F)NC1C(C)(C)C. The molecular weight excluding hydrogens is 567 g/mol. The van der Waals surface area contributed by atoms with E-state index in [1.807, 2.05) is 11.0 Å². The first-order valence-corrected chi connectivity index (χ1v) is 15.4. The number of benzene rings is 2. The predicted octanol–water partition coefficient (Wildman–Crippen LogP) is 5.33. The molecule has 4 aliphatic heterocycles. The molecule has 2 aromatic carbocycles. The largest absolute Gasteiger partial charge is 0.478 e. The van der Waals surface area contributed by atoms with Gasteiger partial charge < -0.3 is 39.7 Å². The zero-order valence-corrected chi connectivity index (χ0v) is 26.3. The van der Waals surface area contributed by atoms with Crippen LogP contribution in [0.15, 0.2) is 30.3 Å². The van der Waals surface area contributed by atoms with Gasteiger partial charge in [0, 0.05) is 43.5 Å². The summed E-state index contributed by atoms with van der Waals surface area (Å²) >= 11 is 0. The number of carbonyl (C=O) groups is 2. The molecule has 0 saturated carbocycles. The third kappa shape index (κ3) is 5.13. The molecule has 238 valence electrons. The monoisotopic (exact) mass is 610 g/mol.